The Morgan fingerprint density at radius 2 is 1.48 bits per heavy atom. The summed E-state index contributed by atoms with van der Waals surface area (Å²) in [7, 11) is 2.73. The van der Waals surface area contributed by atoms with Crippen LogP contribution in [0.5, 0.6) is 0 Å². The van der Waals surface area contributed by atoms with E-state index >= 15 is 0 Å². The van der Waals surface area contributed by atoms with Gasteiger partial charge in [-0.05, 0) is 24.1 Å². The van der Waals surface area contributed by atoms with Crippen LogP contribution in [0.25, 0.3) is 0 Å². The number of aryl methyl sites for hydroxylation is 1. The van der Waals surface area contributed by atoms with Gasteiger partial charge in [0.15, 0.2) is 0 Å². The number of hydrogen-bond donors (Lipinski definition) is 0. The second-order valence-electron chi connectivity index (χ2n) is 5.47. The predicted octanol–water partition coefficient (Wildman–Crippen LogP) is 4.28. The fourth-order valence-electron chi connectivity index (χ4n) is 2.87. The van der Waals surface area contributed by atoms with Crippen LogP contribution in [-0.2, 0) is 15.9 Å². The highest BCUT2D eigenvalue weighted by Gasteiger charge is 2.36. The van der Waals surface area contributed by atoms with E-state index in [2.05, 4.69) is 13.0 Å². The van der Waals surface area contributed by atoms with Gasteiger partial charge < -0.3 is 9.47 Å². The molecule has 0 aliphatic heterocycles. The molecule has 0 N–H and O–H groups in total. The second-order valence-corrected chi connectivity index (χ2v) is 6.55. The van der Waals surface area contributed by atoms with Crippen LogP contribution in [0.3, 0.4) is 0 Å². The van der Waals surface area contributed by atoms with Crippen molar-refractivity contribution < 1.29 is 19.1 Å². The van der Waals surface area contributed by atoms with Gasteiger partial charge in [-0.1, -0.05) is 49.0 Å². The molecule has 25 heavy (non-hydrogen) atoms. The molecule has 3 rings (SSSR count). The molecule has 2 aromatic carbocycles. The van der Waals surface area contributed by atoms with Gasteiger partial charge in [-0.15, -0.1) is 0 Å². The number of carbonyl (C=O) groups is 2. The first-order valence-corrected chi connectivity index (χ1v) is 8.74. The molecule has 0 saturated heterocycles. The van der Waals surface area contributed by atoms with Crippen molar-refractivity contribution in [3.63, 3.8) is 0 Å². The maximum absolute atomic E-state index is 12.9. The quantitative estimate of drug-likeness (QED) is 0.802. The highest BCUT2D eigenvalue weighted by Crippen LogP contribution is 2.38. The van der Waals surface area contributed by atoms with Gasteiger partial charge in [0.1, 0.15) is 0 Å². The third-order valence-electron chi connectivity index (χ3n) is 4.10. The number of ether oxygens (including phenoxy) is 2. The highest BCUT2D eigenvalue weighted by atomic mass is 32.2. The minimum Gasteiger partial charge on any atom is -0.489 e. The van der Waals surface area contributed by atoms with Gasteiger partial charge in [0, 0.05) is 15.4 Å². The average Bonchev–Trinajstić information content (AvgIpc) is 2.64. The monoisotopic (exact) mass is 354 g/mol. The van der Waals surface area contributed by atoms with Gasteiger partial charge in [-0.3, -0.25) is 9.59 Å². The molecular weight excluding hydrogens is 336 g/mol. The van der Waals surface area contributed by atoms with Crippen molar-refractivity contribution in [2.24, 2.45) is 0 Å². The van der Waals surface area contributed by atoms with E-state index in [1.54, 1.807) is 12.1 Å². The lowest BCUT2D eigenvalue weighted by molar-refractivity contribution is 0.0826. The molecule has 0 unspecified atom stereocenters. The van der Waals surface area contributed by atoms with Gasteiger partial charge in [-0.2, -0.15) is 0 Å². The van der Waals surface area contributed by atoms with Gasteiger partial charge in [-0.25, -0.2) is 0 Å². The first-order chi connectivity index (χ1) is 12.1. The van der Waals surface area contributed by atoms with Crippen LogP contribution in [0.2, 0.25) is 0 Å². The summed E-state index contributed by atoms with van der Waals surface area (Å²) in [5.41, 5.74) is 1.92. The minimum atomic E-state index is -0.333. The van der Waals surface area contributed by atoms with Crippen molar-refractivity contribution in [1.82, 2.24) is 0 Å². The maximum Gasteiger partial charge on any atom is 0.233 e. The smallest absolute Gasteiger partial charge is 0.233 e. The van der Waals surface area contributed by atoms with E-state index in [1.807, 2.05) is 24.3 Å². The van der Waals surface area contributed by atoms with Crippen LogP contribution >= 0.6 is 11.8 Å². The molecule has 0 saturated carbocycles. The number of benzene rings is 2. The van der Waals surface area contributed by atoms with E-state index in [0.717, 1.165) is 16.2 Å². The molecule has 128 valence electrons. The molecule has 0 fully saturated rings. The van der Waals surface area contributed by atoms with Crippen molar-refractivity contribution >= 4 is 23.3 Å². The summed E-state index contributed by atoms with van der Waals surface area (Å²) < 4.78 is 10.3. The Morgan fingerprint density at radius 1 is 0.840 bits per heavy atom. The first-order valence-electron chi connectivity index (χ1n) is 7.92. The first kappa shape index (κ1) is 17.3. The molecule has 0 atom stereocenters. The Kier molecular flexibility index (Phi) is 4.95. The van der Waals surface area contributed by atoms with Crippen molar-refractivity contribution in [3.05, 3.63) is 70.7 Å². The summed E-state index contributed by atoms with van der Waals surface area (Å²) >= 11 is 1.49. The van der Waals surface area contributed by atoms with E-state index in [4.69, 9.17) is 9.47 Å². The number of methoxy groups -OCH3 is 2. The van der Waals surface area contributed by atoms with Gasteiger partial charge >= 0.3 is 0 Å². The number of Topliss-reactive ketones (excluding diaryl/α,β-unsaturated/α-hetero) is 2. The predicted molar refractivity (Wildman–Crippen MR) is 96.1 cm³/mol. The summed E-state index contributed by atoms with van der Waals surface area (Å²) in [6.07, 6.45) is 0.891. The molecule has 0 radical (unpaired) electrons. The van der Waals surface area contributed by atoms with E-state index in [1.165, 1.54) is 31.5 Å². The maximum atomic E-state index is 12.9. The number of hydrogen-bond acceptors (Lipinski definition) is 5. The van der Waals surface area contributed by atoms with Crippen LogP contribution in [0.4, 0.5) is 0 Å². The third kappa shape index (κ3) is 2.96. The summed E-state index contributed by atoms with van der Waals surface area (Å²) in [6.45, 7) is 2.09. The molecule has 1 aliphatic rings. The molecule has 0 aromatic heterocycles. The number of allylic oxidation sites excluding steroid dienone is 2. The largest absolute Gasteiger partial charge is 0.489 e. The molecule has 0 spiro atoms. The Balaban J connectivity index is 2.12. The lowest BCUT2D eigenvalue weighted by atomic mass is 9.92. The van der Waals surface area contributed by atoms with Crippen LogP contribution in [0.15, 0.2) is 63.8 Å². The lowest BCUT2D eigenvalue weighted by Crippen LogP contribution is -2.24. The Bertz CT molecular complexity index is 883. The highest BCUT2D eigenvalue weighted by molar-refractivity contribution is 7.99. The van der Waals surface area contributed by atoms with Crippen LogP contribution in [0.1, 0.15) is 33.2 Å². The Labute approximate surface area is 150 Å². The molecule has 4 nitrogen and oxygen atoms in total. The number of carbonyl (C=O) groups excluding carboxylic acids is 2. The SMILES string of the molecule is CCc1ccccc1Sc1cccc2c1C(=O)C(OC)=C(OC)C2=O. The van der Waals surface area contributed by atoms with E-state index in [9.17, 15) is 9.59 Å². The average molecular weight is 354 g/mol. The van der Waals surface area contributed by atoms with Crippen molar-refractivity contribution in [3.8, 4) is 0 Å². The Morgan fingerprint density at radius 3 is 2.16 bits per heavy atom. The normalized spacial score (nSPS) is 13.7. The summed E-state index contributed by atoms with van der Waals surface area (Å²) in [4.78, 5) is 27.4. The Hall–Kier alpha value is -2.53. The molecule has 5 heteroatoms. The van der Waals surface area contributed by atoms with E-state index < -0.39 is 0 Å². The second kappa shape index (κ2) is 7.15. The molecule has 2 aromatic rings. The fourth-order valence-corrected chi connectivity index (χ4v) is 4.04. The van der Waals surface area contributed by atoms with Crippen molar-refractivity contribution in [2.75, 3.05) is 14.2 Å². The van der Waals surface area contributed by atoms with Gasteiger partial charge in [0.05, 0.1) is 19.8 Å². The zero-order chi connectivity index (χ0) is 18.0. The zero-order valence-corrected chi connectivity index (χ0v) is 15.1. The van der Waals surface area contributed by atoms with Crippen LogP contribution in [-0.4, -0.2) is 25.8 Å². The summed E-state index contributed by atoms with van der Waals surface area (Å²) in [5, 5.41) is 0. The van der Waals surface area contributed by atoms with Crippen LogP contribution in [0, 0.1) is 0 Å². The lowest BCUT2D eigenvalue weighted by Gasteiger charge is -2.21. The van der Waals surface area contributed by atoms with Crippen molar-refractivity contribution in [2.45, 2.75) is 23.1 Å². The topological polar surface area (TPSA) is 52.6 Å². The van der Waals surface area contributed by atoms with Crippen molar-refractivity contribution in [1.29, 1.82) is 0 Å². The minimum absolute atomic E-state index is 0.0446. The molecule has 0 heterocycles. The summed E-state index contributed by atoms with van der Waals surface area (Å²) in [5.74, 6) is -0.751. The molecular formula is C20H18O4S. The molecule has 1 aliphatic carbocycles. The fraction of sp³-hybridized carbons (Fsp3) is 0.200. The molecule has 0 bridgehead atoms. The van der Waals surface area contributed by atoms with E-state index in [0.29, 0.717) is 11.1 Å². The van der Waals surface area contributed by atoms with Crippen LogP contribution < -0.4 is 0 Å². The third-order valence-corrected chi connectivity index (χ3v) is 5.28. The zero-order valence-electron chi connectivity index (χ0n) is 14.3. The van der Waals surface area contributed by atoms with E-state index in [-0.39, 0.29) is 23.1 Å². The standard InChI is InChI=1S/C20H18O4S/c1-4-12-8-5-6-10-14(12)25-15-11-7-9-13-16(15)18(22)20(24-3)19(23-2)17(13)21/h5-11H,4H2,1-3H3. The number of ketones is 2. The number of fused-ring (bicyclic) bond motifs is 1. The van der Waals surface area contributed by atoms with Gasteiger partial charge in [0.25, 0.3) is 0 Å². The summed E-state index contributed by atoms with van der Waals surface area (Å²) in [6, 6.07) is 13.3. The van der Waals surface area contributed by atoms with Gasteiger partial charge in [0.2, 0.25) is 23.1 Å². The number of rotatable bonds is 5. The molecule has 0 amide bonds.